The predicted octanol–water partition coefficient (Wildman–Crippen LogP) is 1.94. The van der Waals surface area contributed by atoms with E-state index in [1.165, 1.54) is 12.1 Å². The van der Waals surface area contributed by atoms with Gasteiger partial charge in [-0.05, 0) is 44.4 Å². The monoisotopic (exact) mass is 300 g/mol. The average Bonchev–Trinajstić information content (AvgIpc) is 2.39. The van der Waals surface area contributed by atoms with Gasteiger partial charge in [0.2, 0.25) is 10.0 Å². The molecule has 0 bridgehead atoms. The smallest absolute Gasteiger partial charge is 0.240 e. The molecule has 1 heterocycles. The Balaban J connectivity index is 2.05. The minimum absolute atomic E-state index is 0.0151. The standard InChI is InChI=1S/C14H21FN2O2S/c1-10-6-7-12(15)8-14(10)20(18,19)16-9-13-5-3-4-11(2)17-13/h6-8,11,13,16-17H,3-5,9H2,1-2H3. The number of piperidine rings is 1. The Morgan fingerprint density at radius 2 is 2.15 bits per heavy atom. The van der Waals surface area contributed by atoms with Gasteiger partial charge >= 0.3 is 0 Å². The summed E-state index contributed by atoms with van der Waals surface area (Å²) in [6.45, 7) is 4.09. The normalized spacial score (nSPS) is 23.8. The molecule has 1 aliphatic heterocycles. The first kappa shape index (κ1) is 15.4. The number of rotatable bonds is 4. The summed E-state index contributed by atoms with van der Waals surface area (Å²) in [7, 11) is -3.66. The Hall–Kier alpha value is -0.980. The quantitative estimate of drug-likeness (QED) is 0.893. The van der Waals surface area contributed by atoms with Crippen LogP contribution in [0.15, 0.2) is 23.1 Å². The van der Waals surface area contributed by atoms with Crippen LogP contribution in [0.25, 0.3) is 0 Å². The summed E-state index contributed by atoms with van der Waals surface area (Å²) in [6, 6.07) is 4.36. The molecule has 2 unspecified atom stereocenters. The molecule has 1 aromatic rings. The molecule has 0 spiro atoms. The lowest BCUT2D eigenvalue weighted by Crippen LogP contribution is -2.47. The highest BCUT2D eigenvalue weighted by atomic mass is 32.2. The first-order valence-corrected chi connectivity index (χ1v) is 8.38. The maximum Gasteiger partial charge on any atom is 0.240 e. The number of benzene rings is 1. The van der Waals surface area contributed by atoms with E-state index in [0.29, 0.717) is 18.2 Å². The molecule has 0 radical (unpaired) electrons. The van der Waals surface area contributed by atoms with Gasteiger partial charge in [-0.25, -0.2) is 17.5 Å². The first-order valence-electron chi connectivity index (χ1n) is 6.90. The zero-order valence-electron chi connectivity index (χ0n) is 11.8. The third-order valence-electron chi connectivity index (χ3n) is 3.67. The first-order chi connectivity index (χ1) is 9.38. The molecule has 0 aliphatic carbocycles. The Kier molecular flexibility index (Phi) is 4.78. The minimum atomic E-state index is -3.66. The maximum absolute atomic E-state index is 13.2. The van der Waals surface area contributed by atoms with Crippen molar-refractivity contribution in [1.29, 1.82) is 0 Å². The molecule has 1 saturated heterocycles. The molecule has 6 heteroatoms. The molecular weight excluding hydrogens is 279 g/mol. The molecule has 0 amide bonds. The van der Waals surface area contributed by atoms with Gasteiger partial charge in [0.1, 0.15) is 5.82 Å². The van der Waals surface area contributed by atoms with Crippen LogP contribution in [0.1, 0.15) is 31.7 Å². The van der Waals surface area contributed by atoms with Crippen LogP contribution < -0.4 is 10.0 Å². The molecule has 0 saturated carbocycles. The fraction of sp³-hybridized carbons (Fsp3) is 0.571. The Morgan fingerprint density at radius 3 is 2.85 bits per heavy atom. The lowest BCUT2D eigenvalue weighted by Gasteiger charge is -2.28. The molecule has 1 aliphatic rings. The van der Waals surface area contributed by atoms with Crippen LogP contribution in [-0.2, 0) is 10.0 Å². The van der Waals surface area contributed by atoms with Crippen LogP contribution in [0.3, 0.4) is 0 Å². The lowest BCUT2D eigenvalue weighted by atomic mass is 10.00. The number of aryl methyl sites for hydroxylation is 1. The summed E-state index contributed by atoms with van der Waals surface area (Å²) >= 11 is 0. The Bertz CT molecular complexity index is 575. The van der Waals surface area contributed by atoms with Crippen LogP contribution in [0.5, 0.6) is 0 Å². The molecule has 20 heavy (non-hydrogen) atoms. The van der Waals surface area contributed by atoms with Crippen LogP contribution in [-0.4, -0.2) is 27.0 Å². The van der Waals surface area contributed by atoms with Crippen molar-refractivity contribution in [2.75, 3.05) is 6.54 Å². The van der Waals surface area contributed by atoms with E-state index in [2.05, 4.69) is 17.0 Å². The summed E-state index contributed by atoms with van der Waals surface area (Å²) < 4.78 is 40.2. The van der Waals surface area contributed by atoms with E-state index in [0.717, 1.165) is 25.3 Å². The number of nitrogens with one attached hydrogen (secondary N) is 2. The molecule has 2 N–H and O–H groups in total. The van der Waals surface area contributed by atoms with Gasteiger partial charge in [-0.15, -0.1) is 0 Å². The molecule has 112 valence electrons. The molecule has 0 aromatic heterocycles. The third kappa shape index (κ3) is 3.77. The zero-order chi connectivity index (χ0) is 14.8. The van der Waals surface area contributed by atoms with E-state index >= 15 is 0 Å². The van der Waals surface area contributed by atoms with Crippen LogP contribution >= 0.6 is 0 Å². The number of hydrogen-bond acceptors (Lipinski definition) is 3. The molecule has 4 nitrogen and oxygen atoms in total. The molecular formula is C14H21FN2O2S. The van der Waals surface area contributed by atoms with Crippen molar-refractivity contribution < 1.29 is 12.8 Å². The fourth-order valence-electron chi connectivity index (χ4n) is 2.55. The highest BCUT2D eigenvalue weighted by Gasteiger charge is 2.22. The van der Waals surface area contributed by atoms with Gasteiger partial charge in [-0.1, -0.05) is 12.5 Å². The number of hydrogen-bond donors (Lipinski definition) is 2. The van der Waals surface area contributed by atoms with E-state index in [-0.39, 0.29) is 10.9 Å². The number of halogens is 1. The van der Waals surface area contributed by atoms with E-state index in [4.69, 9.17) is 0 Å². The van der Waals surface area contributed by atoms with Crippen molar-refractivity contribution in [3.63, 3.8) is 0 Å². The second kappa shape index (κ2) is 6.20. The fourth-order valence-corrected chi connectivity index (χ4v) is 3.89. The third-order valence-corrected chi connectivity index (χ3v) is 5.23. The molecule has 1 fully saturated rings. The van der Waals surface area contributed by atoms with E-state index in [9.17, 15) is 12.8 Å². The van der Waals surface area contributed by atoms with Crippen molar-refractivity contribution >= 4 is 10.0 Å². The summed E-state index contributed by atoms with van der Waals surface area (Å²) in [5.74, 6) is -0.541. The Morgan fingerprint density at radius 1 is 1.40 bits per heavy atom. The van der Waals surface area contributed by atoms with Gasteiger partial charge in [-0.2, -0.15) is 0 Å². The average molecular weight is 300 g/mol. The van der Waals surface area contributed by atoms with Gasteiger partial charge in [0.15, 0.2) is 0 Å². The topological polar surface area (TPSA) is 58.2 Å². The number of sulfonamides is 1. The summed E-state index contributed by atoms with van der Waals surface area (Å²) in [5.41, 5.74) is 0.545. The van der Waals surface area contributed by atoms with Gasteiger partial charge in [0.25, 0.3) is 0 Å². The zero-order valence-corrected chi connectivity index (χ0v) is 12.6. The molecule has 2 atom stereocenters. The van der Waals surface area contributed by atoms with E-state index in [1.54, 1.807) is 6.92 Å². The van der Waals surface area contributed by atoms with Gasteiger partial charge < -0.3 is 5.32 Å². The Labute approximate surface area is 119 Å². The maximum atomic E-state index is 13.2. The van der Waals surface area contributed by atoms with Crippen molar-refractivity contribution in [3.8, 4) is 0 Å². The van der Waals surface area contributed by atoms with Crippen molar-refractivity contribution in [3.05, 3.63) is 29.6 Å². The van der Waals surface area contributed by atoms with Gasteiger partial charge in [0, 0.05) is 18.6 Å². The summed E-state index contributed by atoms with van der Waals surface area (Å²) in [6.07, 6.45) is 3.17. The van der Waals surface area contributed by atoms with Crippen molar-refractivity contribution in [2.45, 2.75) is 50.1 Å². The minimum Gasteiger partial charge on any atom is -0.310 e. The lowest BCUT2D eigenvalue weighted by molar-refractivity contribution is 0.334. The predicted molar refractivity (Wildman–Crippen MR) is 76.6 cm³/mol. The summed E-state index contributed by atoms with van der Waals surface area (Å²) in [5, 5.41) is 3.37. The largest absolute Gasteiger partial charge is 0.310 e. The highest BCUT2D eigenvalue weighted by molar-refractivity contribution is 7.89. The second-order valence-corrected chi connectivity index (χ2v) is 7.19. The van der Waals surface area contributed by atoms with Crippen LogP contribution in [0, 0.1) is 12.7 Å². The van der Waals surface area contributed by atoms with Crippen molar-refractivity contribution in [2.24, 2.45) is 0 Å². The summed E-state index contributed by atoms with van der Waals surface area (Å²) in [4.78, 5) is 0.0151. The van der Waals surface area contributed by atoms with Gasteiger partial charge in [-0.3, -0.25) is 0 Å². The SMILES string of the molecule is Cc1ccc(F)cc1S(=O)(=O)NCC1CCCC(C)N1. The molecule has 2 rings (SSSR count). The van der Waals surface area contributed by atoms with E-state index < -0.39 is 15.8 Å². The van der Waals surface area contributed by atoms with Crippen LogP contribution in [0.2, 0.25) is 0 Å². The second-order valence-electron chi connectivity index (χ2n) is 5.46. The van der Waals surface area contributed by atoms with E-state index in [1.807, 2.05) is 0 Å². The highest BCUT2D eigenvalue weighted by Crippen LogP contribution is 2.17. The molecule has 1 aromatic carbocycles. The van der Waals surface area contributed by atoms with Crippen molar-refractivity contribution in [1.82, 2.24) is 10.0 Å². The van der Waals surface area contributed by atoms with Gasteiger partial charge in [0.05, 0.1) is 4.90 Å². The van der Waals surface area contributed by atoms with Crippen LogP contribution in [0.4, 0.5) is 4.39 Å².